The van der Waals surface area contributed by atoms with E-state index in [1.807, 2.05) is 5.32 Å². The van der Waals surface area contributed by atoms with Crippen molar-refractivity contribution in [3.8, 4) is 0 Å². The first kappa shape index (κ1) is 31.7. The number of alkyl halides is 13. The molecule has 0 spiro atoms. The molecule has 2 aromatic carbocycles. The smallest absolute Gasteiger partial charge is 0.321 e. The van der Waals surface area contributed by atoms with E-state index in [2.05, 4.69) is 4.74 Å². The van der Waals surface area contributed by atoms with Crippen molar-refractivity contribution in [2.45, 2.75) is 36.5 Å². The van der Waals surface area contributed by atoms with Crippen LogP contribution < -0.4 is 5.32 Å². The molecule has 0 saturated carbocycles. The molecule has 220 valence electrons. The van der Waals surface area contributed by atoms with Gasteiger partial charge in [0.05, 0.1) is 5.02 Å². The summed E-state index contributed by atoms with van der Waals surface area (Å²) in [5, 5.41) is 2.39. The highest BCUT2D eigenvalue weighted by Crippen LogP contribution is 2.54. The van der Waals surface area contributed by atoms with Crippen LogP contribution in [-0.4, -0.2) is 36.5 Å². The number of thiophene rings is 1. The van der Waals surface area contributed by atoms with Crippen LogP contribution in [0.25, 0.3) is 10.1 Å². The van der Waals surface area contributed by atoms with Crippen LogP contribution >= 0.6 is 22.9 Å². The highest BCUT2D eigenvalue weighted by Gasteiger charge is 2.80. The molecule has 19 heteroatoms. The average Bonchev–Trinajstić information content (AvgIpc) is 3.13. The van der Waals surface area contributed by atoms with Crippen LogP contribution in [-0.2, 0) is 15.4 Å². The molecule has 3 aromatic rings. The normalized spacial score (nSPS) is 14.1. The zero-order valence-electron chi connectivity index (χ0n) is 18.5. The molecule has 0 saturated heterocycles. The molecule has 0 aliphatic carbocycles. The first-order valence-corrected chi connectivity index (χ1v) is 11.2. The van der Waals surface area contributed by atoms with Crippen molar-refractivity contribution < 1.29 is 71.3 Å². The van der Waals surface area contributed by atoms with Gasteiger partial charge in [-0.15, -0.1) is 24.5 Å². The number of fused-ring (bicyclic) bond motifs is 1. The van der Waals surface area contributed by atoms with E-state index in [0.717, 1.165) is 17.4 Å². The third-order valence-electron chi connectivity index (χ3n) is 4.82. The largest absolute Gasteiger partial charge is 0.527 e. The Morgan fingerprint density at radius 3 is 1.90 bits per heavy atom. The van der Waals surface area contributed by atoms with Gasteiger partial charge in [-0.1, -0.05) is 41.9 Å². The lowest BCUT2D eigenvalue weighted by molar-refractivity contribution is -0.535. The quantitative estimate of drug-likeness (QED) is 0.239. The molecule has 1 N–H and O–H groups in total. The fourth-order valence-corrected chi connectivity index (χ4v) is 4.39. The maximum absolute atomic E-state index is 14.5. The third kappa shape index (κ3) is 5.94. The predicted molar refractivity (Wildman–Crippen MR) is 113 cm³/mol. The summed E-state index contributed by atoms with van der Waals surface area (Å²) >= 11 is 6.96. The maximum atomic E-state index is 14.5. The fourth-order valence-electron chi connectivity index (χ4n) is 2.98. The number of hydrogen-bond donors (Lipinski definition) is 1. The van der Waals surface area contributed by atoms with Crippen molar-refractivity contribution >= 4 is 44.6 Å². The van der Waals surface area contributed by atoms with E-state index < -0.39 is 53.7 Å². The van der Waals surface area contributed by atoms with Gasteiger partial charge in [0, 0.05) is 21.3 Å². The maximum Gasteiger partial charge on any atom is 0.527 e. The minimum Gasteiger partial charge on any atom is -0.321 e. The summed E-state index contributed by atoms with van der Waals surface area (Å²) < 4.78 is 177. The number of anilines is 1. The van der Waals surface area contributed by atoms with Crippen LogP contribution in [0.2, 0.25) is 5.02 Å². The number of rotatable bonds is 9. The van der Waals surface area contributed by atoms with Crippen molar-refractivity contribution in [1.82, 2.24) is 0 Å². The molecule has 0 unspecified atom stereocenters. The average molecular weight is 638 g/mol. The third-order valence-corrected chi connectivity index (χ3v) is 6.50. The Bertz CT molecular complexity index is 1410. The minimum atomic E-state index is -7.53. The molecule has 40 heavy (non-hydrogen) atoms. The van der Waals surface area contributed by atoms with Crippen molar-refractivity contribution in [1.29, 1.82) is 0 Å². The molecule has 0 bridgehead atoms. The lowest BCUT2D eigenvalue weighted by Crippen LogP contribution is -2.61. The summed E-state index contributed by atoms with van der Waals surface area (Å²) in [6.45, 7) is 0. The standard InChI is InChI=1S/C21H9ClF13NO3S/c22-13-11-6-1-2-7-12(11)40-14(13)15(37)36-10-5-3-4-9(8-10)16(23,24)18(27,28)38-19(29,30)17(25,26)20(31,32)39-21(33,34)35/h1-8H,(H,36,37). The van der Waals surface area contributed by atoms with Gasteiger partial charge < -0.3 is 5.32 Å². The lowest BCUT2D eigenvalue weighted by atomic mass is 10.1. The zero-order chi connectivity index (χ0) is 30.5. The van der Waals surface area contributed by atoms with Gasteiger partial charge in [-0.3, -0.25) is 4.79 Å². The second-order valence-electron chi connectivity index (χ2n) is 7.63. The molecular formula is C21H9ClF13NO3S. The van der Waals surface area contributed by atoms with E-state index in [4.69, 9.17) is 11.6 Å². The van der Waals surface area contributed by atoms with E-state index in [1.54, 1.807) is 29.0 Å². The minimum absolute atomic E-state index is 0.0611. The number of carbonyl (C=O) groups excluding carboxylic acids is 1. The number of hydrogen-bond acceptors (Lipinski definition) is 4. The second-order valence-corrected chi connectivity index (χ2v) is 9.06. The van der Waals surface area contributed by atoms with Gasteiger partial charge in [-0.25, -0.2) is 9.47 Å². The summed E-state index contributed by atoms with van der Waals surface area (Å²) in [6, 6.07) is 7.96. The number of amides is 1. The highest BCUT2D eigenvalue weighted by atomic mass is 35.5. The number of ether oxygens (including phenoxy) is 2. The molecule has 1 heterocycles. The molecular weight excluding hydrogens is 629 g/mol. The van der Waals surface area contributed by atoms with E-state index in [0.29, 0.717) is 16.2 Å². The Labute approximate surface area is 222 Å². The van der Waals surface area contributed by atoms with Gasteiger partial charge >= 0.3 is 36.5 Å². The molecule has 1 amide bonds. The fraction of sp³-hybridized carbons (Fsp3) is 0.286. The Balaban J connectivity index is 1.87. The first-order chi connectivity index (χ1) is 18.0. The monoisotopic (exact) mass is 637 g/mol. The van der Waals surface area contributed by atoms with E-state index in [9.17, 15) is 61.9 Å². The molecule has 1 aromatic heterocycles. The van der Waals surface area contributed by atoms with Crippen molar-refractivity contribution in [3.63, 3.8) is 0 Å². The Morgan fingerprint density at radius 2 is 1.32 bits per heavy atom. The second kappa shape index (κ2) is 10.2. The van der Waals surface area contributed by atoms with Crippen LogP contribution in [0.15, 0.2) is 48.5 Å². The number of halogens is 14. The van der Waals surface area contributed by atoms with Crippen molar-refractivity contribution in [2.75, 3.05) is 5.32 Å². The molecule has 0 radical (unpaired) electrons. The Kier molecular flexibility index (Phi) is 8.10. The van der Waals surface area contributed by atoms with Gasteiger partial charge in [0.1, 0.15) is 4.88 Å². The zero-order valence-corrected chi connectivity index (χ0v) is 20.1. The van der Waals surface area contributed by atoms with Crippen LogP contribution in [0, 0.1) is 0 Å². The van der Waals surface area contributed by atoms with Crippen LogP contribution in [0.1, 0.15) is 15.2 Å². The molecule has 0 aliphatic rings. The topological polar surface area (TPSA) is 47.6 Å². The predicted octanol–water partition coefficient (Wildman–Crippen LogP) is 8.87. The van der Waals surface area contributed by atoms with Gasteiger partial charge in [-0.05, 0) is 18.2 Å². The van der Waals surface area contributed by atoms with Crippen LogP contribution in [0.4, 0.5) is 62.8 Å². The van der Waals surface area contributed by atoms with E-state index in [1.165, 1.54) is 0 Å². The number of carbonyl (C=O) groups is 1. The van der Waals surface area contributed by atoms with Crippen LogP contribution in [0.5, 0.6) is 0 Å². The Hall–Kier alpha value is -2.83. The van der Waals surface area contributed by atoms with Gasteiger partial charge in [-0.2, -0.15) is 43.9 Å². The molecule has 0 atom stereocenters. The lowest BCUT2D eigenvalue weighted by Gasteiger charge is -2.35. The van der Waals surface area contributed by atoms with Gasteiger partial charge in [0.25, 0.3) is 5.91 Å². The van der Waals surface area contributed by atoms with Crippen LogP contribution in [0.3, 0.4) is 0 Å². The Morgan fingerprint density at radius 1 is 0.750 bits per heavy atom. The molecule has 4 nitrogen and oxygen atoms in total. The summed E-state index contributed by atoms with van der Waals surface area (Å²) in [5.74, 6) is -14.6. The van der Waals surface area contributed by atoms with Gasteiger partial charge in [0.15, 0.2) is 0 Å². The SMILES string of the molecule is O=C(Nc1cccc(C(F)(F)C(F)(F)OC(F)(F)C(F)(F)C(F)(F)OC(F)(F)F)c1)c1sc2ccccc2c1Cl. The summed E-state index contributed by atoms with van der Waals surface area (Å²) in [7, 11) is 0. The van der Waals surface area contributed by atoms with Gasteiger partial charge in [0.2, 0.25) is 0 Å². The molecule has 3 rings (SSSR count). The molecule has 0 fully saturated rings. The number of benzene rings is 2. The van der Waals surface area contributed by atoms with E-state index >= 15 is 0 Å². The molecule has 0 aliphatic heterocycles. The number of nitrogens with one attached hydrogen (secondary N) is 1. The van der Waals surface area contributed by atoms with Crippen molar-refractivity contribution in [3.05, 3.63) is 64.0 Å². The first-order valence-electron chi connectivity index (χ1n) is 9.97. The van der Waals surface area contributed by atoms with E-state index in [-0.39, 0.29) is 22.0 Å². The van der Waals surface area contributed by atoms with Crippen molar-refractivity contribution in [2.24, 2.45) is 0 Å². The highest BCUT2D eigenvalue weighted by molar-refractivity contribution is 7.21. The summed E-state index contributed by atoms with van der Waals surface area (Å²) in [5.41, 5.74) is -2.64. The summed E-state index contributed by atoms with van der Waals surface area (Å²) in [4.78, 5) is 12.4. The summed E-state index contributed by atoms with van der Waals surface area (Å²) in [6.07, 6.45) is -28.0.